The number of ether oxygens (including phenoxy) is 2. The van der Waals surface area contributed by atoms with Gasteiger partial charge in [-0.2, -0.15) is 5.26 Å². The molecule has 0 bridgehead atoms. The molecule has 156 valence electrons. The lowest BCUT2D eigenvalue weighted by molar-refractivity contribution is -0.117. The van der Waals surface area contributed by atoms with E-state index in [4.69, 9.17) is 9.47 Å². The maximum Gasteiger partial charge on any atom is 0.262 e. The minimum absolute atomic E-state index is 0.0486. The van der Waals surface area contributed by atoms with Gasteiger partial charge >= 0.3 is 0 Å². The highest BCUT2D eigenvalue weighted by molar-refractivity contribution is 9.10. The van der Waals surface area contributed by atoms with Crippen molar-refractivity contribution in [3.63, 3.8) is 0 Å². The zero-order valence-corrected chi connectivity index (χ0v) is 18.3. The summed E-state index contributed by atoms with van der Waals surface area (Å²) < 4.78 is 12.3. The zero-order valence-electron chi connectivity index (χ0n) is 16.8. The van der Waals surface area contributed by atoms with Crippen LogP contribution in [0.2, 0.25) is 0 Å². The summed E-state index contributed by atoms with van der Waals surface area (Å²) in [5, 5.41) is 12.1. The van der Waals surface area contributed by atoms with E-state index in [1.54, 1.807) is 30.3 Å². The first-order valence-electron chi connectivity index (χ1n) is 9.69. The molecule has 6 heteroatoms. The second-order valence-electron chi connectivity index (χ2n) is 6.56. The SMILES string of the molecule is N#CC(=Cc1ccc(OCCOc2ccc(Br)cc2)cc1)C(=O)NCc1ccccc1. The van der Waals surface area contributed by atoms with Crippen molar-refractivity contribution in [2.45, 2.75) is 6.54 Å². The normalized spacial score (nSPS) is 10.8. The zero-order chi connectivity index (χ0) is 21.9. The highest BCUT2D eigenvalue weighted by Gasteiger charge is 2.08. The fourth-order valence-corrected chi connectivity index (χ4v) is 2.96. The van der Waals surface area contributed by atoms with Crippen LogP contribution in [-0.2, 0) is 11.3 Å². The van der Waals surface area contributed by atoms with E-state index >= 15 is 0 Å². The third kappa shape index (κ3) is 7.32. The quantitative estimate of drug-likeness (QED) is 0.264. The highest BCUT2D eigenvalue weighted by Crippen LogP contribution is 2.17. The number of carbonyl (C=O) groups is 1. The Hall–Kier alpha value is -3.56. The molecule has 0 saturated heterocycles. The molecule has 0 aliphatic rings. The van der Waals surface area contributed by atoms with Crippen LogP contribution in [0.1, 0.15) is 11.1 Å². The van der Waals surface area contributed by atoms with Gasteiger partial charge < -0.3 is 14.8 Å². The Bertz CT molecular complexity index is 1060. The van der Waals surface area contributed by atoms with Crippen LogP contribution in [0, 0.1) is 11.3 Å². The van der Waals surface area contributed by atoms with Crippen molar-refractivity contribution in [1.29, 1.82) is 5.26 Å². The lowest BCUT2D eigenvalue weighted by Crippen LogP contribution is -2.23. The van der Waals surface area contributed by atoms with Crippen molar-refractivity contribution in [3.8, 4) is 17.6 Å². The molecule has 0 spiro atoms. The molecule has 0 unspecified atom stereocenters. The predicted octanol–water partition coefficient (Wildman–Crippen LogP) is 5.13. The van der Waals surface area contributed by atoms with E-state index in [0.29, 0.717) is 25.5 Å². The number of nitriles is 1. The van der Waals surface area contributed by atoms with Crippen LogP contribution in [0.3, 0.4) is 0 Å². The van der Waals surface area contributed by atoms with Gasteiger partial charge in [0.15, 0.2) is 0 Å². The van der Waals surface area contributed by atoms with Crippen LogP contribution in [0.25, 0.3) is 6.08 Å². The topological polar surface area (TPSA) is 71.3 Å². The first-order chi connectivity index (χ1) is 15.1. The first-order valence-corrected chi connectivity index (χ1v) is 10.5. The molecule has 0 atom stereocenters. The average molecular weight is 477 g/mol. The lowest BCUT2D eigenvalue weighted by Gasteiger charge is -2.09. The number of rotatable bonds is 9. The number of halogens is 1. The largest absolute Gasteiger partial charge is 0.490 e. The monoisotopic (exact) mass is 476 g/mol. The van der Waals surface area contributed by atoms with Crippen LogP contribution in [0.4, 0.5) is 0 Å². The van der Waals surface area contributed by atoms with Gasteiger partial charge in [0, 0.05) is 11.0 Å². The molecule has 31 heavy (non-hydrogen) atoms. The smallest absolute Gasteiger partial charge is 0.262 e. The number of nitrogens with one attached hydrogen (secondary N) is 1. The van der Waals surface area contributed by atoms with Gasteiger partial charge in [-0.1, -0.05) is 58.4 Å². The summed E-state index contributed by atoms with van der Waals surface area (Å²) in [7, 11) is 0. The second-order valence-corrected chi connectivity index (χ2v) is 7.47. The molecular weight excluding hydrogens is 456 g/mol. The van der Waals surface area contributed by atoms with E-state index in [9.17, 15) is 10.1 Å². The maximum atomic E-state index is 12.3. The van der Waals surface area contributed by atoms with Gasteiger partial charge in [0.05, 0.1) is 0 Å². The molecule has 5 nitrogen and oxygen atoms in total. The van der Waals surface area contributed by atoms with Crippen molar-refractivity contribution in [2.24, 2.45) is 0 Å². The summed E-state index contributed by atoms with van der Waals surface area (Å²) in [6.07, 6.45) is 1.56. The molecular formula is C25H21BrN2O3. The Labute approximate surface area is 190 Å². The predicted molar refractivity (Wildman–Crippen MR) is 123 cm³/mol. The first kappa shape index (κ1) is 22.1. The van der Waals surface area contributed by atoms with Crippen LogP contribution in [0.15, 0.2) is 88.9 Å². The van der Waals surface area contributed by atoms with E-state index in [1.807, 2.05) is 60.7 Å². The summed E-state index contributed by atoms with van der Waals surface area (Å²) >= 11 is 3.38. The Morgan fingerprint density at radius 3 is 2.06 bits per heavy atom. The summed E-state index contributed by atoms with van der Waals surface area (Å²) in [6, 6.07) is 26.3. The fourth-order valence-electron chi connectivity index (χ4n) is 2.70. The molecule has 3 rings (SSSR count). The average Bonchev–Trinajstić information content (AvgIpc) is 2.81. The molecule has 0 aromatic heterocycles. The van der Waals surface area contributed by atoms with E-state index in [2.05, 4.69) is 21.2 Å². The Balaban J connectivity index is 1.48. The van der Waals surface area contributed by atoms with Crippen LogP contribution in [0.5, 0.6) is 11.5 Å². The van der Waals surface area contributed by atoms with Crippen LogP contribution >= 0.6 is 15.9 Å². The van der Waals surface area contributed by atoms with Crippen molar-refractivity contribution < 1.29 is 14.3 Å². The highest BCUT2D eigenvalue weighted by atomic mass is 79.9. The number of hydrogen-bond donors (Lipinski definition) is 1. The molecule has 0 saturated carbocycles. The molecule has 0 aliphatic heterocycles. The van der Waals surface area contributed by atoms with Gasteiger partial charge in [0.2, 0.25) is 0 Å². The number of benzene rings is 3. The summed E-state index contributed by atoms with van der Waals surface area (Å²) in [5.41, 5.74) is 1.76. The van der Waals surface area contributed by atoms with E-state index in [-0.39, 0.29) is 5.57 Å². The summed E-state index contributed by atoms with van der Waals surface area (Å²) in [5.74, 6) is 1.06. The van der Waals surface area contributed by atoms with E-state index in [0.717, 1.165) is 21.3 Å². The van der Waals surface area contributed by atoms with Gasteiger partial charge in [-0.05, 0) is 53.6 Å². The number of hydrogen-bond acceptors (Lipinski definition) is 4. The number of carbonyl (C=O) groups excluding carboxylic acids is 1. The molecule has 0 radical (unpaired) electrons. The summed E-state index contributed by atoms with van der Waals surface area (Å²) in [6.45, 7) is 1.19. The van der Waals surface area contributed by atoms with E-state index < -0.39 is 5.91 Å². The van der Waals surface area contributed by atoms with Gasteiger partial charge in [-0.25, -0.2) is 0 Å². The Kier molecular flexibility index (Phi) is 8.27. The lowest BCUT2D eigenvalue weighted by atomic mass is 10.1. The van der Waals surface area contributed by atoms with E-state index in [1.165, 1.54) is 0 Å². The maximum absolute atomic E-state index is 12.3. The number of amides is 1. The minimum atomic E-state index is -0.406. The molecule has 1 N–H and O–H groups in total. The third-order valence-electron chi connectivity index (χ3n) is 4.29. The van der Waals surface area contributed by atoms with Gasteiger partial charge in [-0.15, -0.1) is 0 Å². The molecule has 0 heterocycles. The minimum Gasteiger partial charge on any atom is -0.490 e. The molecule has 0 fully saturated rings. The van der Waals surface area contributed by atoms with Crippen LogP contribution < -0.4 is 14.8 Å². The van der Waals surface area contributed by atoms with Crippen LogP contribution in [-0.4, -0.2) is 19.1 Å². The fraction of sp³-hybridized carbons (Fsp3) is 0.120. The molecule has 0 aliphatic carbocycles. The Morgan fingerprint density at radius 2 is 1.48 bits per heavy atom. The standard InChI is InChI=1S/C25H21BrN2O3/c26-22-8-12-24(13-9-22)31-15-14-30-23-10-6-19(7-11-23)16-21(17-27)25(29)28-18-20-4-2-1-3-5-20/h1-13,16H,14-15,18H2,(H,28,29). The van der Waals surface area contributed by atoms with Gasteiger partial charge in [0.1, 0.15) is 36.4 Å². The molecule has 3 aromatic carbocycles. The molecule has 1 amide bonds. The third-order valence-corrected chi connectivity index (χ3v) is 4.82. The van der Waals surface area contributed by atoms with Gasteiger partial charge in [-0.3, -0.25) is 4.79 Å². The van der Waals surface area contributed by atoms with Crippen molar-refractivity contribution in [2.75, 3.05) is 13.2 Å². The molecule has 3 aromatic rings. The summed E-state index contributed by atoms with van der Waals surface area (Å²) in [4.78, 5) is 12.3. The number of nitrogens with zero attached hydrogens (tertiary/aromatic N) is 1. The Morgan fingerprint density at radius 1 is 0.903 bits per heavy atom. The van der Waals surface area contributed by atoms with Crippen molar-refractivity contribution >= 4 is 27.9 Å². The second kappa shape index (κ2) is 11.6. The van der Waals surface area contributed by atoms with Crippen molar-refractivity contribution in [1.82, 2.24) is 5.32 Å². The van der Waals surface area contributed by atoms with Crippen molar-refractivity contribution in [3.05, 3.63) is 100 Å². The van der Waals surface area contributed by atoms with Gasteiger partial charge in [0.25, 0.3) is 5.91 Å².